The zero-order valence-corrected chi connectivity index (χ0v) is 9.91. The van der Waals surface area contributed by atoms with Crippen LogP contribution in [0.25, 0.3) is 0 Å². The van der Waals surface area contributed by atoms with Crippen LogP contribution in [0, 0.1) is 11.8 Å². The third-order valence-corrected chi connectivity index (χ3v) is 3.74. The van der Waals surface area contributed by atoms with E-state index in [2.05, 4.69) is 5.32 Å². The zero-order valence-electron chi connectivity index (χ0n) is 9.91. The van der Waals surface area contributed by atoms with E-state index in [9.17, 15) is 4.79 Å². The van der Waals surface area contributed by atoms with E-state index in [0.717, 1.165) is 25.9 Å². The largest absolute Gasteiger partial charge is 0.469 e. The van der Waals surface area contributed by atoms with Gasteiger partial charge in [0, 0.05) is 6.61 Å². The normalized spacial score (nSPS) is 31.6. The summed E-state index contributed by atoms with van der Waals surface area (Å²) in [6.45, 7) is 2.90. The van der Waals surface area contributed by atoms with Crippen LogP contribution in [0.3, 0.4) is 0 Å². The van der Waals surface area contributed by atoms with Crippen LogP contribution in [0.5, 0.6) is 0 Å². The zero-order chi connectivity index (χ0) is 11.4. The minimum absolute atomic E-state index is 0.0279. The molecular weight excluding hydrogens is 206 g/mol. The number of methoxy groups -OCH3 is 1. The van der Waals surface area contributed by atoms with Gasteiger partial charge in [-0.2, -0.15) is 0 Å². The van der Waals surface area contributed by atoms with Crippen molar-refractivity contribution in [2.75, 3.05) is 26.8 Å². The average molecular weight is 227 g/mol. The molecule has 0 aromatic carbocycles. The van der Waals surface area contributed by atoms with Crippen LogP contribution < -0.4 is 5.32 Å². The fourth-order valence-electron chi connectivity index (χ4n) is 2.75. The predicted octanol–water partition coefficient (Wildman–Crippen LogP) is 0.954. The maximum Gasteiger partial charge on any atom is 0.311 e. The Morgan fingerprint density at radius 3 is 2.81 bits per heavy atom. The lowest BCUT2D eigenvalue weighted by Gasteiger charge is -2.26. The van der Waals surface area contributed by atoms with Crippen LogP contribution >= 0.6 is 0 Å². The summed E-state index contributed by atoms with van der Waals surface area (Å²) in [6, 6.07) is 0. The Bertz CT molecular complexity index is 238. The monoisotopic (exact) mass is 227 g/mol. The minimum atomic E-state index is -0.101. The Kier molecular flexibility index (Phi) is 4.18. The smallest absolute Gasteiger partial charge is 0.311 e. The van der Waals surface area contributed by atoms with Crippen molar-refractivity contribution < 1.29 is 14.3 Å². The van der Waals surface area contributed by atoms with E-state index < -0.39 is 0 Å². The fourth-order valence-corrected chi connectivity index (χ4v) is 2.75. The van der Waals surface area contributed by atoms with Gasteiger partial charge in [-0.1, -0.05) is 0 Å². The van der Waals surface area contributed by atoms with E-state index >= 15 is 0 Å². The first-order chi connectivity index (χ1) is 7.81. The molecule has 1 N–H and O–H groups in total. The highest BCUT2D eigenvalue weighted by molar-refractivity contribution is 5.73. The second-order valence-corrected chi connectivity index (χ2v) is 4.76. The van der Waals surface area contributed by atoms with E-state index in [1.165, 1.54) is 20.0 Å². The molecule has 16 heavy (non-hydrogen) atoms. The van der Waals surface area contributed by atoms with Gasteiger partial charge in [0.15, 0.2) is 0 Å². The predicted molar refractivity (Wildman–Crippen MR) is 60.1 cm³/mol. The van der Waals surface area contributed by atoms with Crippen LogP contribution in [0.2, 0.25) is 0 Å². The first kappa shape index (κ1) is 11.9. The van der Waals surface area contributed by atoms with Crippen molar-refractivity contribution in [3.8, 4) is 0 Å². The molecule has 2 rings (SSSR count). The van der Waals surface area contributed by atoms with E-state index in [1.807, 2.05) is 0 Å². The van der Waals surface area contributed by atoms with Crippen molar-refractivity contribution in [1.29, 1.82) is 0 Å². The first-order valence-corrected chi connectivity index (χ1v) is 6.21. The van der Waals surface area contributed by atoms with Gasteiger partial charge in [0.2, 0.25) is 0 Å². The van der Waals surface area contributed by atoms with Crippen LogP contribution in [0.15, 0.2) is 0 Å². The molecule has 0 saturated carbocycles. The Balaban J connectivity index is 1.85. The van der Waals surface area contributed by atoms with E-state index in [0.29, 0.717) is 12.5 Å². The highest BCUT2D eigenvalue weighted by Crippen LogP contribution is 2.30. The number of nitrogens with one attached hydrogen (secondary N) is 1. The molecule has 2 aliphatic heterocycles. The number of piperidine rings is 1. The quantitative estimate of drug-likeness (QED) is 0.729. The summed E-state index contributed by atoms with van der Waals surface area (Å²) in [5.74, 6) is 0.577. The van der Waals surface area contributed by atoms with Gasteiger partial charge in [0.1, 0.15) is 0 Å². The molecule has 0 aromatic heterocycles. The third kappa shape index (κ3) is 2.74. The summed E-state index contributed by atoms with van der Waals surface area (Å²) in [5.41, 5.74) is 0. The molecule has 2 fully saturated rings. The lowest BCUT2D eigenvalue weighted by molar-refractivity contribution is -0.147. The summed E-state index contributed by atoms with van der Waals surface area (Å²) in [6.07, 6.45) is 4.33. The number of hydrogen-bond donors (Lipinski definition) is 1. The van der Waals surface area contributed by atoms with Crippen molar-refractivity contribution in [3.05, 3.63) is 0 Å². The van der Waals surface area contributed by atoms with Gasteiger partial charge in [-0.15, -0.1) is 0 Å². The van der Waals surface area contributed by atoms with Gasteiger partial charge in [0.25, 0.3) is 0 Å². The van der Waals surface area contributed by atoms with Crippen molar-refractivity contribution in [2.24, 2.45) is 11.8 Å². The second-order valence-electron chi connectivity index (χ2n) is 4.76. The first-order valence-electron chi connectivity index (χ1n) is 6.21. The molecule has 2 aliphatic rings. The molecule has 0 bridgehead atoms. The Labute approximate surface area is 96.7 Å². The third-order valence-electron chi connectivity index (χ3n) is 3.74. The van der Waals surface area contributed by atoms with Crippen molar-refractivity contribution >= 4 is 5.97 Å². The SMILES string of the molecule is COC(=O)[C@H]1CCO[C@H]1CC1CCNCC1. The number of hydrogen-bond acceptors (Lipinski definition) is 4. The number of ether oxygens (including phenoxy) is 2. The van der Waals surface area contributed by atoms with Gasteiger partial charge >= 0.3 is 5.97 Å². The second kappa shape index (κ2) is 5.64. The molecule has 4 heteroatoms. The van der Waals surface area contributed by atoms with Crippen molar-refractivity contribution in [1.82, 2.24) is 5.32 Å². The average Bonchev–Trinajstić information content (AvgIpc) is 2.77. The Hall–Kier alpha value is -0.610. The van der Waals surface area contributed by atoms with Crippen LogP contribution in [0.1, 0.15) is 25.7 Å². The minimum Gasteiger partial charge on any atom is -0.469 e. The molecule has 0 spiro atoms. The maximum atomic E-state index is 11.6. The lowest BCUT2D eigenvalue weighted by atomic mass is 9.87. The van der Waals surface area contributed by atoms with Crippen LogP contribution in [0.4, 0.5) is 0 Å². The summed E-state index contributed by atoms with van der Waals surface area (Å²) in [7, 11) is 1.46. The highest BCUT2D eigenvalue weighted by atomic mass is 16.5. The molecular formula is C12H21NO3. The van der Waals surface area contributed by atoms with Gasteiger partial charge in [-0.05, 0) is 44.7 Å². The maximum absolute atomic E-state index is 11.6. The van der Waals surface area contributed by atoms with E-state index in [1.54, 1.807) is 0 Å². The molecule has 0 aliphatic carbocycles. The molecule has 0 amide bonds. The topological polar surface area (TPSA) is 47.6 Å². The standard InChI is InChI=1S/C12H21NO3/c1-15-12(14)10-4-7-16-11(10)8-9-2-5-13-6-3-9/h9-11,13H,2-8H2,1H3/t10-,11-/m0/s1. The molecule has 0 aromatic rings. The van der Waals surface area contributed by atoms with Crippen LogP contribution in [-0.4, -0.2) is 38.9 Å². The lowest BCUT2D eigenvalue weighted by Crippen LogP contribution is -2.33. The van der Waals surface area contributed by atoms with Crippen molar-refractivity contribution in [3.63, 3.8) is 0 Å². The number of carbonyl (C=O) groups is 1. The van der Waals surface area contributed by atoms with E-state index in [4.69, 9.17) is 9.47 Å². The number of carbonyl (C=O) groups excluding carboxylic acids is 1. The van der Waals surface area contributed by atoms with Gasteiger partial charge in [0.05, 0.1) is 19.1 Å². The summed E-state index contributed by atoms with van der Waals surface area (Å²) < 4.78 is 10.5. The van der Waals surface area contributed by atoms with Crippen LogP contribution in [-0.2, 0) is 14.3 Å². The van der Waals surface area contributed by atoms with Gasteiger partial charge in [-0.25, -0.2) is 0 Å². The van der Waals surface area contributed by atoms with Gasteiger partial charge in [-0.3, -0.25) is 4.79 Å². The Morgan fingerprint density at radius 1 is 1.38 bits per heavy atom. The summed E-state index contributed by atoms with van der Waals surface area (Å²) >= 11 is 0. The number of rotatable bonds is 3. The molecule has 4 nitrogen and oxygen atoms in total. The molecule has 2 saturated heterocycles. The van der Waals surface area contributed by atoms with Crippen molar-refractivity contribution in [2.45, 2.75) is 31.8 Å². The highest BCUT2D eigenvalue weighted by Gasteiger charge is 2.36. The summed E-state index contributed by atoms with van der Waals surface area (Å²) in [5, 5.41) is 3.35. The molecule has 2 atom stereocenters. The molecule has 0 radical (unpaired) electrons. The Morgan fingerprint density at radius 2 is 2.12 bits per heavy atom. The molecule has 92 valence electrons. The van der Waals surface area contributed by atoms with Gasteiger partial charge < -0.3 is 14.8 Å². The fraction of sp³-hybridized carbons (Fsp3) is 0.917. The summed E-state index contributed by atoms with van der Waals surface area (Å²) in [4.78, 5) is 11.6. The van der Waals surface area contributed by atoms with E-state index in [-0.39, 0.29) is 18.0 Å². The molecule has 0 unspecified atom stereocenters. The molecule has 2 heterocycles. The number of esters is 1.